The minimum Gasteiger partial charge on any atom is -0.341 e. The Kier molecular flexibility index (Phi) is 4.35. The number of amides is 1. The molecular weight excluding hydrogens is 234 g/mol. The number of benzene rings is 2. The highest BCUT2D eigenvalue weighted by Gasteiger charge is 2.18. The molecule has 0 saturated heterocycles. The molecule has 0 heterocycles. The number of hydrogen-bond donors (Lipinski definition) is 0. The molecule has 1 atom stereocenters. The van der Waals surface area contributed by atoms with Crippen LogP contribution in [0.4, 0.5) is 0 Å². The van der Waals surface area contributed by atoms with Gasteiger partial charge in [0.25, 0.3) is 0 Å². The summed E-state index contributed by atoms with van der Waals surface area (Å²) in [4.78, 5) is 14.2. The third kappa shape index (κ3) is 3.44. The average molecular weight is 253 g/mol. The number of carbonyl (C=O) groups is 1. The zero-order valence-corrected chi connectivity index (χ0v) is 11.4. The number of nitrogens with zero attached hydrogens (tertiary/aromatic N) is 1. The zero-order chi connectivity index (χ0) is 13.7. The Morgan fingerprint density at radius 2 is 1.53 bits per heavy atom. The van der Waals surface area contributed by atoms with Gasteiger partial charge in [0.1, 0.15) is 0 Å². The van der Waals surface area contributed by atoms with E-state index < -0.39 is 0 Å². The normalized spacial score (nSPS) is 11.9. The summed E-state index contributed by atoms with van der Waals surface area (Å²) in [6.45, 7) is 2.61. The predicted molar refractivity (Wildman–Crippen MR) is 77.8 cm³/mol. The molecule has 2 aromatic carbocycles. The second-order valence-corrected chi connectivity index (χ2v) is 4.81. The molecular formula is C17H19NO. The van der Waals surface area contributed by atoms with Crippen molar-refractivity contribution >= 4 is 5.91 Å². The van der Waals surface area contributed by atoms with Crippen molar-refractivity contribution in [3.8, 4) is 0 Å². The van der Waals surface area contributed by atoms with Crippen molar-refractivity contribution in [3.05, 3.63) is 71.8 Å². The summed E-state index contributed by atoms with van der Waals surface area (Å²) in [5.41, 5.74) is 2.21. The standard InChI is InChI=1S/C17H19NO/c1-14(16-11-7-4-8-12-16)17(19)18(2)13-15-9-5-3-6-10-15/h3-12,14H,13H2,1-2H3/t14-/m0/s1. The quantitative estimate of drug-likeness (QED) is 0.817. The molecule has 0 aromatic heterocycles. The van der Waals surface area contributed by atoms with Crippen LogP contribution in [0.25, 0.3) is 0 Å². The molecule has 0 aliphatic carbocycles. The Balaban J connectivity index is 2.03. The summed E-state index contributed by atoms with van der Waals surface area (Å²) >= 11 is 0. The molecule has 0 spiro atoms. The summed E-state index contributed by atoms with van der Waals surface area (Å²) < 4.78 is 0. The van der Waals surface area contributed by atoms with Crippen LogP contribution >= 0.6 is 0 Å². The summed E-state index contributed by atoms with van der Waals surface area (Å²) in [5.74, 6) is 0.0463. The van der Waals surface area contributed by atoms with Crippen LogP contribution in [0.2, 0.25) is 0 Å². The van der Waals surface area contributed by atoms with Gasteiger partial charge in [0.05, 0.1) is 5.92 Å². The van der Waals surface area contributed by atoms with E-state index in [1.165, 1.54) is 0 Å². The van der Waals surface area contributed by atoms with Gasteiger partial charge in [-0.15, -0.1) is 0 Å². The van der Waals surface area contributed by atoms with Crippen molar-refractivity contribution in [2.45, 2.75) is 19.4 Å². The van der Waals surface area contributed by atoms with Gasteiger partial charge in [-0.25, -0.2) is 0 Å². The first-order valence-corrected chi connectivity index (χ1v) is 6.52. The van der Waals surface area contributed by atoms with Gasteiger partial charge in [0.15, 0.2) is 0 Å². The van der Waals surface area contributed by atoms with Gasteiger partial charge in [-0.05, 0) is 18.1 Å². The Morgan fingerprint density at radius 1 is 1.00 bits per heavy atom. The van der Waals surface area contributed by atoms with E-state index in [0.717, 1.165) is 11.1 Å². The fraction of sp³-hybridized carbons (Fsp3) is 0.235. The van der Waals surface area contributed by atoms with E-state index in [1.54, 1.807) is 4.90 Å². The van der Waals surface area contributed by atoms with Crippen molar-refractivity contribution in [2.75, 3.05) is 7.05 Å². The molecule has 98 valence electrons. The number of likely N-dealkylation sites (N-methyl/N-ethyl adjacent to an activating group) is 1. The summed E-state index contributed by atoms with van der Waals surface area (Å²) in [6, 6.07) is 20.0. The van der Waals surface area contributed by atoms with Crippen LogP contribution in [-0.4, -0.2) is 17.9 Å². The maximum atomic E-state index is 12.4. The second-order valence-electron chi connectivity index (χ2n) is 4.81. The Hall–Kier alpha value is -2.09. The lowest BCUT2D eigenvalue weighted by atomic mass is 10.00. The Bertz CT molecular complexity index is 521. The van der Waals surface area contributed by atoms with E-state index in [1.807, 2.05) is 74.6 Å². The van der Waals surface area contributed by atoms with Crippen LogP contribution in [0.5, 0.6) is 0 Å². The molecule has 0 aliphatic heterocycles. The van der Waals surface area contributed by atoms with Crippen LogP contribution in [0, 0.1) is 0 Å². The van der Waals surface area contributed by atoms with Crippen LogP contribution in [0.1, 0.15) is 24.0 Å². The molecule has 2 rings (SSSR count). The van der Waals surface area contributed by atoms with E-state index in [9.17, 15) is 4.79 Å². The van der Waals surface area contributed by atoms with Crippen molar-refractivity contribution < 1.29 is 4.79 Å². The van der Waals surface area contributed by atoms with E-state index in [0.29, 0.717) is 6.54 Å². The van der Waals surface area contributed by atoms with Crippen molar-refractivity contribution in [3.63, 3.8) is 0 Å². The first kappa shape index (κ1) is 13.3. The summed E-state index contributed by atoms with van der Waals surface area (Å²) in [5, 5.41) is 0. The van der Waals surface area contributed by atoms with Crippen molar-refractivity contribution in [1.29, 1.82) is 0 Å². The van der Waals surface area contributed by atoms with Gasteiger partial charge in [0.2, 0.25) is 5.91 Å². The monoisotopic (exact) mass is 253 g/mol. The van der Waals surface area contributed by atoms with Crippen LogP contribution in [0.3, 0.4) is 0 Å². The SMILES string of the molecule is C[C@H](C(=O)N(C)Cc1ccccc1)c1ccccc1. The van der Waals surface area contributed by atoms with Gasteiger partial charge in [-0.1, -0.05) is 60.7 Å². The average Bonchev–Trinajstić information content (AvgIpc) is 2.47. The minimum absolute atomic E-state index is 0.102. The van der Waals surface area contributed by atoms with Crippen LogP contribution in [-0.2, 0) is 11.3 Å². The molecule has 0 fully saturated rings. The van der Waals surface area contributed by atoms with Gasteiger partial charge in [0, 0.05) is 13.6 Å². The third-order valence-electron chi connectivity index (χ3n) is 3.31. The fourth-order valence-electron chi connectivity index (χ4n) is 2.15. The smallest absolute Gasteiger partial charge is 0.229 e. The molecule has 0 bridgehead atoms. The van der Waals surface area contributed by atoms with Crippen LogP contribution in [0.15, 0.2) is 60.7 Å². The molecule has 0 unspecified atom stereocenters. The summed E-state index contributed by atoms with van der Waals surface area (Å²) in [6.07, 6.45) is 0. The maximum Gasteiger partial charge on any atom is 0.229 e. The largest absolute Gasteiger partial charge is 0.341 e. The van der Waals surface area contributed by atoms with E-state index >= 15 is 0 Å². The van der Waals surface area contributed by atoms with E-state index in [4.69, 9.17) is 0 Å². The van der Waals surface area contributed by atoms with Gasteiger partial charge in [-0.2, -0.15) is 0 Å². The lowest BCUT2D eigenvalue weighted by Gasteiger charge is -2.21. The Labute approximate surface area is 114 Å². The molecule has 0 aliphatic rings. The van der Waals surface area contributed by atoms with Gasteiger partial charge in [-0.3, -0.25) is 4.79 Å². The first-order valence-electron chi connectivity index (χ1n) is 6.52. The molecule has 0 N–H and O–H groups in total. The van der Waals surface area contributed by atoms with Gasteiger partial charge < -0.3 is 4.90 Å². The third-order valence-corrected chi connectivity index (χ3v) is 3.31. The highest BCUT2D eigenvalue weighted by molar-refractivity contribution is 5.83. The highest BCUT2D eigenvalue weighted by Crippen LogP contribution is 2.18. The Morgan fingerprint density at radius 3 is 2.11 bits per heavy atom. The predicted octanol–water partition coefficient (Wildman–Crippen LogP) is 3.45. The first-order chi connectivity index (χ1) is 9.18. The molecule has 0 saturated carbocycles. The fourth-order valence-corrected chi connectivity index (χ4v) is 2.15. The second kappa shape index (κ2) is 6.19. The number of carbonyl (C=O) groups excluding carboxylic acids is 1. The molecule has 19 heavy (non-hydrogen) atoms. The number of hydrogen-bond acceptors (Lipinski definition) is 1. The molecule has 2 aromatic rings. The van der Waals surface area contributed by atoms with Gasteiger partial charge >= 0.3 is 0 Å². The molecule has 0 radical (unpaired) electrons. The lowest BCUT2D eigenvalue weighted by molar-refractivity contribution is -0.131. The molecule has 2 nitrogen and oxygen atoms in total. The van der Waals surface area contributed by atoms with Crippen molar-refractivity contribution in [1.82, 2.24) is 4.90 Å². The maximum absolute atomic E-state index is 12.4. The minimum atomic E-state index is -0.102. The number of rotatable bonds is 4. The van der Waals surface area contributed by atoms with Crippen molar-refractivity contribution in [2.24, 2.45) is 0 Å². The topological polar surface area (TPSA) is 20.3 Å². The summed E-state index contributed by atoms with van der Waals surface area (Å²) in [7, 11) is 1.86. The van der Waals surface area contributed by atoms with E-state index in [-0.39, 0.29) is 11.8 Å². The van der Waals surface area contributed by atoms with Crippen LogP contribution < -0.4 is 0 Å². The highest BCUT2D eigenvalue weighted by atomic mass is 16.2. The van der Waals surface area contributed by atoms with E-state index in [2.05, 4.69) is 0 Å². The zero-order valence-electron chi connectivity index (χ0n) is 11.4. The molecule has 1 amide bonds. The lowest BCUT2D eigenvalue weighted by Crippen LogP contribution is -2.30. The molecule has 2 heteroatoms.